The smallest absolute Gasteiger partial charge is 0.425 e. The van der Waals surface area contributed by atoms with E-state index in [9.17, 15) is 22.0 Å². The zero-order valence-corrected chi connectivity index (χ0v) is 15.3. The predicted molar refractivity (Wildman–Crippen MR) is 98.4 cm³/mol. The molecule has 0 bridgehead atoms. The summed E-state index contributed by atoms with van der Waals surface area (Å²) in [5.74, 6) is 4.60. The fraction of sp³-hybridized carbons (Fsp3) is 0.238. The number of hydrogen-bond acceptors (Lipinski definition) is 4. The molecule has 0 spiro atoms. The number of halogens is 5. The van der Waals surface area contributed by atoms with Crippen molar-refractivity contribution >= 4 is 6.02 Å². The zero-order chi connectivity index (χ0) is 21.9. The van der Waals surface area contributed by atoms with E-state index in [-0.39, 0.29) is 5.56 Å². The van der Waals surface area contributed by atoms with Crippen molar-refractivity contribution in [1.82, 2.24) is 0 Å². The highest BCUT2D eigenvalue weighted by atomic mass is 19.4. The Bertz CT molecular complexity index is 1080. The minimum absolute atomic E-state index is 0.243. The highest BCUT2D eigenvalue weighted by Crippen LogP contribution is 2.41. The monoisotopic (exact) mass is 419 g/mol. The molecule has 0 unspecified atom stereocenters. The molecule has 0 saturated carbocycles. The topological polar surface area (TPSA) is 71.4 Å². The van der Waals surface area contributed by atoms with E-state index in [1.165, 1.54) is 6.07 Å². The molecule has 154 valence electrons. The highest BCUT2D eigenvalue weighted by molar-refractivity contribution is 5.73. The fourth-order valence-electron chi connectivity index (χ4n) is 3.02. The molecule has 0 saturated heterocycles. The lowest BCUT2D eigenvalue weighted by Gasteiger charge is -2.36. The van der Waals surface area contributed by atoms with Crippen molar-refractivity contribution in [2.45, 2.75) is 24.2 Å². The number of ether oxygens (including phenoxy) is 1. The van der Waals surface area contributed by atoms with Crippen LogP contribution in [0.5, 0.6) is 0 Å². The molecule has 0 fully saturated rings. The lowest BCUT2D eigenvalue weighted by molar-refractivity contribution is -0.209. The number of aliphatic imine (C=N–C) groups is 1. The van der Waals surface area contributed by atoms with Gasteiger partial charge in [0.1, 0.15) is 18.0 Å². The van der Waals surface area contributed by atoms with Crippen LogP contribution >= 0.6 is 0 Å². The third-order valence-electron chi connectivity index (χ3n) is 4.53. The minimum Gasteiger partial charge on any atom is -0.452 e. The number of rotatable bonds is 2. The molecule has 0 aliphatic carbocycles. The SMILES string of the molecule is N#Cc1ccc(C#Cc2ccc(F)c([C@]3(CF)C[C@@H](C(F)(F)F)OC(N)=N3)c2)cc1. The van der Waals surface area contributed by atoms with E-state index in [4.69, 9.17) is 11.0 Å². The highest BCUT2D eigenvalue weighted by Gasteiger charge is 2.52. The molecule has 9 heteroatoms. The van der Waals surface area contributed by atoms with Gasteiger partial charge in [0.25, 0.3) is 6.02 Å². The van der Waals surface area contributed by atoms with Gasteiger partial charge in [-0.2, -0.15) is 18.4 Å². The van der Waals surface area contributed by atoms with Gasteiger partial charge in [-0.05, 0) is 42.5 Å². The second-order valence-electron chi connectivity index (χ2n) is 6.60. The van der Waals surface area contributed by atoms with Crippen LogP contribution in [0.4, 0.5) is 22.0 Å². The van der Waals surface area contributed by atoms with Gasteiger partial charge in [-0.1, -0.05) is 11.8 Å². The van der Waals surface area contributed by atoms with Gasteiger partial charge in [0.05, 0.1) is 11.6 Å². The third kappa shape index (κ3) is 4.36. The maximum atomic E-state index is 14.5. The van der Waals surface area contributed by atoms with Gasteiger partial charge in [-0.15, -0.1) is 0 Å². The number of amidine groups is 1. The number of hydrogen-bond donors (Lipinski definition) is 1. The molecule has 30 heavy (non-hydrogen) atoms. The minimum atomic E-state index is -4.83. The van der Waals surface area contributed by atoms with E-state index in [0.29, 0.717) is 11.1 Å². The van der Waals surface area contributed by atoms with Crippen molar-refractivity contribution in [2.75, 3.05) is 6.67 Å². The van der Waals surface area contributed by atoms with Crippen molar-refractivity contribution in [3.8, 4) is 17.9 Å². The molecule has 1 aliphatic rings. The van der Waals surface area contributed by atoms with Gasteiger partial charge in [0, 0.05) is 23.1 Å². The normalized spacial score (nSPS) is 20.9. The molecule has 0 amide bonds. The first-order chi connectivity index (χ1) is 14.2. The first-order valence-corrected chi connectivity index (χ1v) is 8.64. The number of alkyl halides is 4. The van der Waals surface area contributed by atoms with Crippen LogP contribution in [0.25, 0.3) is 0 Å². The van der Waals surface area contributed by atoms with Crippen molar-refractivity contribution < 1.29 is 26.7 Å². The third-order valence-corrected chi connectivity index (χ3v) is 4.53. The summed E-state index contributed by atoms with van der Waals surface area (Å²) in [5, 5.41) is 8.80. The van der Waals surface area contributed by atoms with Crippen LogP contribution in [0.3, 0.4) is 0 Å². The Morgan fingerprint density at radius 2 is 1.70 bits per heavy atom. The lowest BCUT2D eigenvalue weighted by atomic mass is 9.84. The van der Waals surface area contributed by atoms with Crippen molar-refractivity contribution in [1.29, 1.82) is 5.26 Å². The molecule has 2 aromatic carbocycles. The van der Waals surface area contributed by atoms with Crippen molar-refractivity contribution in [2.24, 2.45) is 10.7 Å². The fourth-order valence-corrected chi connectivity index (χ4v) is 3.02. The number of nitriles is 1. The molecule has 2 aromatic rings. The molecule has 2 N–H and O–H groups in total. The second-order valence-corrected chi connectivity index (χ2v) is 6.60. The van der Waals surface area contributed by atoms with E-state index in [1.807, 2.05) is 6.07 Å². The summed E-state index contributed by atoms with van der Waals surface area (Å²) in [5.41, 5.74) is 4.02. The van der Waals surface area contributed by atoms with Crippen LogP contribution in [0, 0.1) is 29.0 Å². The van der Waals surface area contributed by atoms with Crippen LogP contribution in [0.2, 0.25) is 0 Å². The second kappa shape index (κ2) is 8.03. The molecule has 4 nitrogen and oxygen atoms in total. The average molecular weight is 419 g/mol. The number of nitrogens with zero attached hydrogens (tertiary/aromatic N) is 2. The number of benzene rings is 2. The Balaban J connectivity index is 2.00. The van der Waals surface area contributed by atoms with E-state index >= 15 is 0 Å². The van der Waals surface area contributed by atoms with Crippen LogP contribution in [-0.4, -0.2) is 25.0 Å². The standard InChI is InChI=1S/C21H14F5N3O/c22-12-20(10-18(21(24,25)26)30-19(28)29-20)16-9-14(7-8-17(16)23)4-1-13-2-5-15(11-27)6-3-13/h2-3,5-9,18H,10,12H2,(H2,28,29)/t18-,20+/m0/s1. The van der Waals surface area contributed by atoms with Crippen molar-refractivity contribution in [3.05, 3.63) is 70.5 Å². The van der Waals surface area contributed by atoms with E-state index in [2.05, 4.69) is 21.6 Å². The summed E-state index contributed by atoms with van der Waals surface area (Å²) in [6.07, 6.45) is -8.21. The first-order valence-electron chi connectivity index (χ1n) is 8.64. The molecule has 2 atom stereocenters. The van der Waals surface area contributed by atoms with Crippen LogP contribution < -0.4 is 5.73 Å². The maximum Gasteiger partial charge on any atom is 0.425 e. The Hall–Kier alpha value is -3.59. The molecular formula is C21H14F5N3O. The van der Waals surface area contributed by atoms with Gasteiger partial charge in [0.15, 0.2) is 6.10 Å². The summed E-state index contributed by atoms with van der Waals surface area (Å²) in [4.78, 5) is 3.68. The lowest BCUT2D eigenvalue weighted by Crippen LogP contribution is -2.48. The van der Waals surface area contributed by atoms with E-state index in [1.54, 1.807) is 24.3 Å². The summed E-state index contributed by atoms with van der Waals surface area (Å²) >= 11 is 0. The van der Waals surface area contributed by atoms with Gasteiger partial charge in [0.2, 0.25) is 0 Å². The summed E-state index contributed by atoms with van der Waals surface area (Å²) in [6, 6.07) is 10.9. The molecule has 1 aliphatic heterocycles. The number of nitrogens with two attached hydrogens (primary N) is 1. The Morgan fingerprint density at radius 1 is 1.10 bits per heavy atom. The van der Waals surface area contributed by atoms with Crippen molar-refractivity contribution in [3.63, 3.8) is 0 Å². The van der Waals surface area contributed by atoms with Gasteiger partial charge in [-0.25, -0.2) is 13.8 Å². The Kier molecular flexibility index (Phi) is 5.66. The van der Waals surface area contributed by atoms with Gasteiger partial charge < -0.3 is 10.5 Å². The molecule has 1 heterocycles. The van der Waals surface area contributed by atoms with E-state index < -0.39 is 48.3 Å². The van der Waals surface area contributed by atoms with Crippen LogP contribution in [0.15, 0.2) is 47.5 Å². The Labute approximate surface area is 168 Å². The predicted octanol–water partition coefficient (Wildman–Crippen LogP) is 3.93. The molecule has 3 rings (SSSR count). The Morgan fingerprint density at radius 3 is 2.30 bits per heavy atom. The summed E-state index contributed by atoms with van der Waals surface area (Å²) in [6.45, 7) is -1.41. The van der Waals surface area contributed by atoms with Gasteiger partial charge >= 0.3 is 6.18 Å². The average Bonchev–Trinajstić information content (AvgIpc) is 2.72. The molecule has 0 aromatic heterocycles. The molecular weight excluding hydrogens is 405 g/mol. The quantitative estimate of drug-likeness (QED) is 0.592. The van der Waals surface area contributed by atoms with Gasteiger partial charge in [-0.3, -0.25) is 0 Å². The largest absolute Gasteiger partial charge is 0.452 e. The first kappa shape index (κ1) is 21.1. The summed E-state index contributed by atoms with van der Waals surface area (Å²) in [7, 11) is 0. The maximum absolute atomic E-state index is 14.5. The van der Waals surface area contributed by atoms with Crippen LogP contribution in [-0.2, 0) is 10.3 Å². The summed E-state index contributed by atoms with van der Waals surface area (Å²) < 4.78 is 72.4. The molecule has 0 radical (unpaired) electrons. The zero-order valence-electron chi connectivity index (χ0n) is 15.3. The van der Waals surface area contributed by atoms with Crippen LogP contribution in [0.1, 0.15) is 28.7 Å². The van der Waals surface area contributed by atoms with E-state index in [0.717, 1.165) is 12.1 Å².